The summed E-state index contributed by atoms with van der Waals surface area (Å²) < 4.78 is 0. The Bertz CT molecular complexity index is 490. The molecule has 0 radical (unpaired) electrons. The highest BCUT2D eigenvalue weighted by Gasteiger charge is 1.98. The van der Waals surface area contributed by atoms with E-state index in [0.29, 0.717) is 11.3 Å². The van der Waals surface area contributed by atoms with E-state index in [9.17, 15) is 4.79 Å². The Morgan fingerprint density at radius 1 is 1.41 bits per heavy atom. The van der Waals surface area contributed by atoms with Crippen molar-refractivity contribution >= 4 is 18.2 Å². The summed E-state index contributed by atoms with van der Waals surface area (Å²) in [6.45, 7) is 3.62. The van der Waals surface area contributed by atoms with Crippen LogP contribution in [0.2, 0.25) is 0 Å². The Labute approximate surface area is 100 Å². The van der Waals surface area contributed by atoms with Crippen molar-refractivity contribution in [2.75, 3.05) is 0 Å². The van der Waals surface area contributed by atoms with E-state index < -0.39 is 0 Å². The number of benzene rings is 1. The van der Waals surface area contributed by atoms with Crippen molar-refractivity contribution < 1.29 is 4.79 Å². The van der Waals surface area contributed by atoms with Crippen LogP contribution in [0.4, 0.5) is 0 Å². The number of hydrogen-bond donors (Lipinski definition) is 0. The van der Waals surface area contributed by atoms with Gasteiger partial charge in [0.2, 0.25) is 0 Å². The van der Waals surface area contributed by atoms with Crippen LogP contribution in [0.25, 0.3) is 5.70 Å². The molecule has 0 unspecified atom stereocenters. The average Bonchev–Trinajstić information content (AvgIpc) is 2.38. The van der Waals surface area contributed by atoms with E-state index in [2.05, 4.69) is 11.6 Å². The van der Waals surface area contributed by atoms with Gasteiger partial charge < -0.3 is 0 Å². The molecular weight excluding hydrogens is 212 g/mol. The Balaban J connectivity index is 2.98. The van der Waals surface area contributed by atoms with E-state index >= 15 is 0 Å². The summed E-state index contributed by atoms with van der Waals surface area (Å²) in [5.74, 6) is 0. The molecule has 0 aliphatic carbocycles. The van der Waals surface area contributed by atoms with E-state index in [4.69, 9.17) is 5.26 Å². The molecule has 3 heteroatoms. The molecule has 0 saturated carbocycles. The second-order valence-corrected chi connectivity index (χ2v) is 3.20. The third-order valence-electron chi connectivity index (χ3n) is 2.03. The number of nitriles is 1. The second kappa shape index (κ2) is 6.91. The first-order valence-electron chi connectivity index (χ1n) is 5.09. The molecule has 0 bridgehead atoms. The fourth-order valence-electron chi connectivity index (χ4n) is 1.24. The van der Waals surface area contributed by atoms with Gasteiger partial charge in [-0.15, -0.1) is 0 Å². The normalized spacial score (nSPS) is 11.1. The highest BCUT2D eigenvalue weighted by molar-refractivity contribution is 5.78. The molecule has 0 aliphatic rings. The summed E-state index contributed by atoms with van der Waals surface area (Å²) in [4.78, 5) is 14.7. The Hall–Kier alpha value is -2.47. The van der Waals surface area contributed by atoms with Crippen LogP contribution in [-0.4, -0.2) is 12.5 Å². The minimum atomic E-state index is 0.265. The molecule has 0 atom stereocenters. The largest absolute Gasteiger partial charge is 0.298 e. The monoisotopic (exact) mass is 224 g/mol. The molecule has 0 fully saturated rings. The lowest BCUT2D eigenvalue weighted by Crippen LogP contribution is -1.85. The SMILES string of the molecule is C=C/C=C(\N=CCC#N)c1ccc(C=O)cc1. The first-order chi connectivity index (χ1) is 8.31. The number of aliphatic imine (C=N–C) groups is 1. The molecule has 0 aromatic heterocycles. The Kier molecular flexibility index (Phi) is 5.12. The van der Waals surface area contributed by atoms with Gasteiger partial charge in [-0.3, -0.25) is 9.79 Å². The molecule has 1 aromatic carbocycles. The van der Waals surface area contributed by atoms with Crippen LogP contribution in [-0.2, 0) is 0 Å². The molecule has 1 aromatic rings. The number of aldehydes is 1. The van der Waals surface area contributed by atoms with E-state index in [1.54, 1.807) is 30.5 Å². The van der Waals surface area contributed by atoms with Gasteiger partial charge in [0, 0.05) is 17.3 Å². The summed E-state index contributed by atoms with van der Waals surface area (Å²) in [5.41, 5.74) is 2.21. The summed E-state index contributed by atoms with van der Waals surface area (Å²) in [6.07, 6.45) is 5.99. The van der Waals surface area contributed by atoms with Crippen LogP contribution in [0.3, 0.4) is 0 Å². The zero-order chi connectivity index (χ0) is 12.5. The Morgan fingerprint density at radius 2 is 2.12 bits per heavy atom. The van der Waals surface area contributed by atoms with Crippen molar-refractivity contribution in [3.8, 4) is 6.07 Å². The third-order valence-corrected chi connectivity index (χ3v) is 2.03. The topological polar surface area (TPSA) is 53.2 Å². The molecule has 0 saturated heterocycles. The van der Waals surface area contributed by atoms with Crippen molar-refractivity contribution in [2.24, 2.45) is 4.99 Å². The van der Waals surface area contributed by atoms with E-state index in [-0.39, 0.29) is 6.42 Å². The minimum absolute atomic E-state index is 0.265. The molecule has 3 nitrogen and oxygen atoms in total. The summed E-state index contributed by atoms with van der Waals surface area (Å²) in [5, 5.41) is 8.43. The Morgan fingerprint density at radius 3 is 2.65 bits per heavy atom. The molecule has 17 heavy (non-hydrogen) atoms. The zero-order valence-electron chi connectivity index (χ0n) is 9.34. The lowest BCUT2D eigenvalue weighted by atomic mass is 10.1. The highest BCUT2D eigenvalue weighted by Crippen LogP contribution is 2.16. The van der Waals surface area contributed by atoms with Gasteiger partial charge in [-0.05, 0) is 6.08 Å². The van der Waals surface area contributed by atoms with E-state index in [1.807, 2.05) is 18.2 Å². The van der Waals surface area contributed by atoms with Crippen LogP contribution in [0.5, 0.6) is 0 Å². The van der Waals surface area contributed by atoms with Gasteiger partial charge in [-0.25, -0.2) is 0 Å². The number of rotatable bonds is 5. The lowest BCUT2D eigenvalue weighted by Gasteiger charge is -2.01. The predicted molar refractivity (Wildman–Crippen MR) is 68.7 cm³/mol. The minimum Gasteiger partial charge on any atom is -0.298 e. The van der Waals surface area contributed by atoms with Crippen LogP contribution in [0.1, 0.15) is 22.3 Å². The molecule has 84 valence electrons. The van der Waals surface area contributed by atoms with Crippen molar-refractivity contribution in [3.63, 3.8) is 0 Å². The van der Waals surface area contributed by atoms with Crippen LogP contribution < -0.4 is 0 Å². The molecule has 0 N–H and O–H groups in total. The highest BCUT2D eigenvalue weighted by atomic mass is 16.1. The van der Waals surface area contributed by atoms with Crippen LogP contribution in [0.15, 0.2) is 48.0 Å². The van der Waals surface area contributed by atoms with Gasteiger partial charge in [0.15, 0.2) is 0 Å². The molecule has 0 aliphatic heterocycles. The fraction of sp³-hybridized carbons (Fsp3) is 0.0714. The summed E-state index contributed by atoms with van der Waals surface area (Å²) in [7, 11) is 0. The van der Waals surface area contributed by atoms with Crippen LogP contribution in [0, 0.1) is 11.3 Å². The van der Waals surface area contributed by atoms with Crippen molar-refractivity contribution in [3.05, 3.63) is 54.1 Å². The molecule has 1 rings (SSSR count). The maximum Gasteiger partial charge on any atom is 0.150 e. The van der Waals surface area contributed by atoms with Gasteiger partial charge in [0.1, 0.15) is 6.29 Å². The first-order valence-corrected chi connectivity index (χ1v) is 5.09. The maximum absolute atomic E-state index is 10.5. The fourth-order valence-corrected chi connectivity index (χ4v) is 1.24. The maximum atomic E-state index is 10.5. The molecule has 0 spiro atoms. The second-order valence-electron chi connectivity index (χ2n) is 3.20. The zero-order valence-corrected chi connectivity index (χ0v) is 9.34. The molecular formula is C14H12N2O. The van der Waals surface area contributed by atoms with Crippen molar-refractivity contribution in [2.45, 2.75) is 6.42 Å². The quantitative estimate of drug-likeness (QED) is 0.438. The molecule has 0 amide bonds. The lowest BCUT2D eigenvalue weighted by molar-refractivity contribution is 0.112. The number of carbonyl (C=O) groups is 1. The van der Waals surface area contributed by atoms with E-state index in [0.717, 1.165) is 11.8 Å². The standard InChI is InChI=1S/C14H12N2O/c1-2-4-14(16-10-3-9-15)13-7-5-12(11-17)6-8-13/h2,4-8,10-11H,1,3H2/b14-4-,16-10?. The van der Waals surface area contributed by atoms with Gasteiger partial charge in [0.05, 0.1) is 18.2 Å². The van der Waals surface area contributed by atoms with Gasteiger partial charge in [0.25, 0.3) is 0 Å². The number of hydrogen-bond acceptors (Lipinski definition) is 3. The number of nitrogens with zero attached hydrogens (tertiary/aromatic N) is 2. The first kappa shape index (κ1) is 12.6. The summed E-state index contributed by atoms with van der Waals surface area (Å²) in [6, 6.07) is 9.05. The predicted octanol–water partition coefficient (Wildman–Crippen LogP) is 3.01. The number of allylic oxidation sites excluding steroid dienone is 2. The third kappa shape index (κ3) is 3.88. The van der Waals surface area contributed by atoms with Gasteiger partial charge in [-0.1, -0.05) is 36.9 Å². The van der Waals surface area contributed by atoms with Gasteiger partial charge >= 0.3 is 0 Å². The van der Waals surface area contributed by atoms with Crippen LogP contribution >= 0.6 is 0 Å². The van der Waals surface area contributed by atoms with Crippen molar-refractivity contribution in [1.82, 2.24) is 0 Å². The molecule has 0 heterocycles. The average molecular weight is 224 g/mol. The van der Waals surface area contributed by atoms with Gasteiger partial charge in [-0.2, -0.15) is 5.26 Å². The smallest absolute Gasteiger partial charge is 0.150 e. The van der Waals surface area contributed by atoms with E-state index in [1.165, 1.54) is 0 Å². The number of carbonyl (C=O) groups excluding carboxylic acids is 1. The van der Waals surface area contributed by atoms with Crippen molar-refractivity contribution in [1.29, 1.82) is 5.26 Å². The summed E-state index contributed by atoms with van der Waals surface area (Å²) >= 11 is 0.